The van der Waals surface area contributed by atoms with Crippen molar-refractivity contribution >= 4 is 0 Å². The molecule has 0 aromatic heterocycles. The second-order valence-electron chi connectivity index (χ2n) is 6.27. The maximum Gasteiger partial charge on any atom is 0.0664 e. The van der Waals surface area contributed by atoms with E-state index in [0.29, 0.717) is 6.54 Å². The van der Waals surface area contributed by atoms with E-state index in [2.05, 4.69) is 5.32 Å². The maximum atomic E-state index is 8.99. The summed E-state index contributed by atoms with van der Waals surface area (Å²) in [6.45, 7) is 8.17. The summed E-state index contributed by atoms with van der Waals surface area (Å²) in [7, 11) is 9.66. The van der Waals surface area contributed by atoms with Gasteiger partial charge in [-0.15, -0.1) is 0 Å². The largest absolute Gasteiger partial charge is 0.392 e. The summed E-state index contributed by atoms with van der Waals surface area (Å²) >= 11 is 0. The number of hydrogen-bond acceptors (Lipinski definition) is 6. The first-order valence-corrected chi connectivity index (χ1v) is 8.62. The van der Waals surface area contributed by atoms with Crippen molar-refractivity contribution in [3.05, 3.63) is 0 Å². The molecule has 0 bridgehead atoms. The van der Waals surface area contributed by atoms with Crippen molar-refractivity contribution in [3.63, 3.8) is 0 Å². The third-order valence-corrected chi connectivity index (χ3v) is 3.01. The predicted molar refractivity (Wildman–Crippen MR) is 99.9 cm³/mol. The van der Waals surface area contributed by atoms with Crippen LogP contribution in [0.2, 0.25) is 0 Å². The maximum absolute atomic E-state index is 8.99. The minimum atomic E-state index is -0.162. The number of likely N-dealkylation sites (N-methyl/N-ethyl adjacent to an activating group) is 3. The zero-order valence-electron chi connectivity index (χ0n) is 16.7. The van der Waals surface area contributed by atoms with Crippen LogP contribution in [-0.4, -0.2) is 98.3 Å². The summed E-state index contributed by atoms with van der Waals surface area (Å²) < 4.78 is 0. The molecule has 6 heteroatoms. The lowest BCUT2D eigenvalue weighted by Gasteiger charge is -2.13. The minimum absolute atomic E-state index is 0.148. The first-order chi connectivity index (χ1) is 10.6. The Bertz CT molecular complexity index is 201. The Labute approximate surface area is 144 Å². The van der Waals surface area contributed by atoms with E-state index in [9.17, 15) is 0 Å². The fraction of sp³-hybridized carbons (Fsp3) is 1.00. The first kappa shape index (κ1) is 27.6. The molecular weight excluding hydrogens is 294 g/mol. The molecule has 3 unspecified atom stereocenters. The highest BCUT2D eigenvalue weighted by molar-refractivity contribution is 4.54. The third kappa shape index (κ3) is 30.2. The summed E-state index contributed by atoms with van der Waals surface area (Å²) in [6.07, 6.45) is 2.07. The van der Waals surface area contributed by atoms with E-state index in [1.807, 2.05) is 65.8 Å². The van der Waals surface area contributed by atoms with Crippen LogP contribution in [0, 0.1) is 0 Å². The van der Waals surface area contributed by atoms with E-state index in [0.717, 1.165) is 32.4 Å². The molecule has 0 fully saturated rings. The molecule has 0 aliphatic carbocycles. The quantitative estimate of drug-likeness (QED) is 0.494. The Hall–Kier alpha value is -0.240. The van der Waals surface area contributed by atoms with Crippen molar-refractivity contribution in [2.75, 3.05) is 54.9 Å². The standard InChI is InChI=1S/2C6H15NO.C5H13NO/c2*1-4-6(8)5-7(2)3;1-3-5(7)4-6-2/h2*6,8H,4-5H2,1-3H3;5-7H,3-4H2,1-2H3. The van der Waals surface area contributed by atoms with Gasteiger partial charge in [0.1, 0.15) is 0 Å². The summed E-state index contributed by atoms with van der Waals surface area (Å²) in [6, 6.07) is 0. The topological polar surface area (TPSA) is 79.2 Å². The van der Waals surface area contributed by atoms with E-state index in [-0.39, 0.29) is 18.3 Å². The molecule has 0 saturated heterocycles. The van der Waals surface area contributed by atoms with Crippen LogP contribution in [-0.2, 0) is 0 Å². The average molecular weight is 338 g/mol. The zero-order valence-corrected chi connectivity index (χ0v) is 16.7. The summed E-state index contributed by atoms with van der Waals surface area (Å²) in [5.74, 6) is 0. The van der Waals surface area contributed by atoms with E-state index in [1.165, 1.54) is 0 Å². The molecule has 0 aliphatic heterocycles. The van der Waals surface area contributed by atoms with Crippen molar-refractivity contribution in [1.29, 1.82) is 0 Å². The molecule has 0 amide bonds. The van der Waals surface area contributed by atoms with Gasteiger partial charge in [0.25, 0.3) is 0 Å². The highest BCUT2D eigenvalue weighted by atomic mass is 16.3. The monoisotopic (exact) mass is 337 g/mol. The van der Waals surface area contributed by atoms with E-state index in [4.69, 9.17) is 15.3 Å². The van der Waals surface area contributed by atoms with Crippen LogP contribution >= 0.6 is 0 Å². The Kier molecular flexibility index (Phi) is 23.8. The molecule has 0 spiro atoms. The van der Waals surface area contributed by atoms with Crippen molar-refractivity contribution in [3.8, 4) is 0 Å². The van der Waals surface area contributed by atoms with Crippen LogP contribution in [0.1, 0.15) is 40.0 Å². The molecule has 6 nitrogen and oxygen atoms in total. The molecule has 0 radical (unpaired) electrons. The average Bonchev–Trinajstić information content (AvgIpc) is 2.47. The van der Waals surface area contributed by atoms with Crippen LogP contribution < -0.4 is 5.32 Å². The van der Waals surface area contributed by atoms with Crippen LogP contribution in [0.5, 0.6) is 0 Å². The fourth-order valence-electron chi connectivity index (χ4n) is 1.48. The van der Waals surface area contributed by atoms with E-state index in [1.54, 1.807) is 0 Å². The van der Waals surface area contributed by atoms with Gasteiger partial charge in [-0.1, -0.05) is 20.8 Å². The van der Waals surface area contributed by atoms with Gasteiger partial charge < -0.3 is 30.4 Å². The molecule has 4 N–H and O–H groups in total. The van der Waals surface area contributed by atoms with Gasteiger partial charge >= 0.3 is 0 Å². The van der Waals surface area contributed by atoms with Crippen LogP contribution in [0.25, 0.3) is 0 Å². The molecule has 0 saturated carbocycles. The van der Waals surface area contributed by atoms with Crippen LogP contribution in [0.4, 0.5) is 0 Å². The Morgan fingerprint density at radius 2 is 1.00 bits per heavy atom. The van der Waals surface area contributed by atoms with Gasteiger partial charge in [0.2, 0.25) is 0 Å². The van der Waals surface area contributed by atoms with E-state index >= 15 is 0 Å². The molecule has 0 aliphatic rings. The summed E-state index contributed by atoms with van der Waals surface area (Å²) in [5.41, 5.74) is 0. The molecule has 3 atom stereocenters. The minimum Gasteiger partial charge on any atom is -0.392 e. The second kappa shape index (κ2) is 19.8. The van der Waals surface area contributed by atoms with Gasteiger partial charge in [0, 0.05) is 19.6 Å². The molecular formula is C17H43N3O3. The molecule has 144 valence electrons. The smallest absolute Gasteiger partial charge is 0.0664 e. The third-order valence-electron chi connectivity index (χ3n) is 3.01. The molecule has 0 aromatic carbocycles. The number of aliphatic hydroxyl groups is 3. The first-order valence-electron chi connectivity index (χ1n) is 8.62. The predicted octanol–water partition coefficient (Wildman–Crippen LogP) is 0.615. The van der Waals surface area contributed by atoms with E-state index < -0.39 is 0 Å². The number of nitrogens with one attached hydrogen (secondary N) is 1. The number of nitrogens with zero attached hydrogens (tertiary/aromatic N) is 2. The Morgan fingerprint density at radius 3 is 1.09 bits per heavy atom. The van der Waals surface area contributed by atoms with Crippen molar-refractivity contribution < 1.29 is 15.3 Å². The number of aliphatic hydroxyl groups excluding tert-OH is 3. The summed E-state index contributed by atoms with van der Waals surface area (Å²) in [4.78, 5) is 3.96. The molecule has 0 aromatic rings. The lowest BCUT2D eigenvalue weighted by Crippen LogP contribution is -2.24. The highest BCUT2D eigenvalue weighted by Gasteiger charge is 2.00. The van der Waals surface area contributed by atoms with Gasteiger partial charge in [-0.25, -0.2) is 0 Å². The molecule has 23 heavy (non-hydrogen) atoms. The lowest BCUT2D eigenvalue weighted by molar-refractivity contribution is 0.133. The SMILES string of the molecule is CCC(O)CN(C)C.CCC(O)CN(C)C.CCC(O)CNC. The lowest BCUT2D eigenvalue weighted by atomic mass is 10.3. The zero-order chi connectivity index (χ0) is 18.8. The summed E-state index contributed by atoms with van der Waals surface area (Å²) in [5, 5.41) is 29.6. The van der Waals surface area contributed by atoms with Gasteiger partial charge in [-0.3, -0.25) is 0 Å². The molecule has 0 rings (SSSR count). The highest BCUT2D eigenvalue weighted by Crippen LogP contribution is 1.90. The van der Waals surface area contributed by atoms with Crippen LogP contribution in [0.3, 0.4) is 0 Å². The van der Waals surface area contributed by atoms with Gasteiger partial charge in [-0.2, -0.15) is 0 Å². The number of rotatable bonds is 9. The number of hydrogen-bond donors (Lipinski definition) is 4. The second-order valence-corrected chi connectivity index (χ2v) is 6.27. The van der Waals surface area contributed by atoms with Gasteiger partial charge in [-0.05, 0) is 54.5 Å². The Balaban J connectivity index is -0.000000262. The van der Waals surface area contributed by atoms with Gasteiger partial charge in [0.15, 0.2) is 0 Å². The molecule has 0 heterocycles. The Morgan fingerprint density at radius 1 is 0.696 bits per heavy atom. The van der Waals surface area contributed by atoms with Crippen molar-refractivity contribution in [2.45, 2.75) is 58.3 Å². The fourth-order valence-corrected chi connectivity index (χ4v) is 1.48. The van der Waals surface area contributed by atoms with Crippen LogP contribution in [0.15, 0.2) is 0 Å². The normalized spacial score (nSPS) is 14.5. The van der Waals surface area contributed by atoms with Crippen molar-refractivity contribution in [1.82, 2.24) is 15.1 Å². The van der Waals surface area contributed by atoms with Crippen molar-refractivity contribution in [2.24, 2.45) is 0 Å². The van der Waals surface area contributed by atoms with Gasteiger partial charge in [0.05, 0.1) is 18.3 Å².